The number of aliphatic carboxylic acids is 1. The first-order valence-corrected chi connectivity index (χ1v) is 7.72. The molecular weight excluding hydrogens is 304 g/mol. The highest BCUT2D eigenvalue weighted by molar-refractivity contribution is 5.84. The molecule has 5 nitrogen and oxygen atoms in total. The molecule has 24 heavy (non-hydrogen) atoms. The smallest absolute Gasteiger partial charge is 0.326 e. The van der Waals surface area contributed by atoms with Gasteiger partial charge >= 0.3 is 5.97 Å². The third-order valence-electron chi connectivity index (χ3n) is 4.12. The average Bonchev–Trinajstić information content (AvgIpc) is 3.01. The molecule has 2 N–H and O–H groups in total. The number of amides is 1. The number of rotatable bonds is 7. The Labute approximate surface area is 139 Å². The molecule has 0 unspecified atom stereocenters. The second kappa shape index (κ2) is 7.00. The van der Waals surface area contributed by atoms with Gasteiger partial charge in [0.25, 0.3) is 0 Å². The number of nitrogens with zero attached hydrogens (tertiary/aromatic N) is 1. The van der Waals surface area contributed by atoms with Crippen LogP contribution in [0.5, 0.6) is 0 Å². The van der Waals surface area contributed by atoms with Gasteiger partial charge in [0.2, 0.25) is 6.41 Å². The fourth-order valence-electron chi connectivity index (χ4n) is 2.87. The molecule has 3 aromatic rings. The normalized spacial score (nSPS) is 12.0. The van der Waals surface area contributed by atoms with E-state index in [2.05, 4.69) is 4.98 Å². The molecule has 122 valence electrons. The second-order valence-electron chi connectivity index (χ2n) is 5.68. The number of H-pyrrole nitrogens is 1. The topological polar surface area (TPSA) is 73.4 Å². The summed E-state index contributed by atoms with van der Waals surface area (Å²) < 4.78 is 0. The lowest BCUT2D eigenvalue weighted by Gasteiger charge is -2.25. The fraction of sp³-hybridized carbons (Fsp3) is 0.158. The SMILES string of the molecule is O=CN(Cc1ccccc1)[C@@H](Cc1c[nH]c2ccccc12)C(=O)O. The number of carboxylic acid groups (broad SMARTS) is 1. The zero-order chi connectivity index (χ0) is 16.9. The number of carbonyl (C=O) groups is 2. The van der Waals surface area contributed by atoms with Crippen molar-refractivity contribution in [1.29, 1.82) is 0 Å². The zero-order valence-electron chi connectivity index (χ0n) is 13.1. The van der Waals surface area contributed by atoms with Gasteiger partial charge in [-0.2, -0.15) is 0 Å². The highest BCUT2D eigenvalue weighted by atomic mass is 16.4. The lowest BCUT2D eigenvalue weighted by Crippen LogP contribution is -2.41. The highest BCUT2D eigenvalue weighted by Crippen LogP contribution is 2.21. The van der Waals surface area contributed by atoms with E-state index in [0.29, 0.717) is 6.41 Å². The zero-order valence-corrected chi connectivity index (χ0v) is 13.1. The maximum absolute atomic E-state index is 11.7. The van der Waals surface area contributed by atoms with Gasteiger partial charge < -0.3 is 15.0 Å². The largest absolute Gasteiger partial charge is 0.480 e. The van der Waals surface area contributed by atoms with Crippen LogP contribution in [0.2, 0.25) is 0 Å². The number of aromatic nitrogens is 1. The summed E-state index contributed by atoms with van der Waals surface area (Å²) in [7, 11) is 0. The minimum absolute atomic E-state index is 0.255. The van der Waals surface area contributed by atoms with Crippen molar-refractivity contribution in [2.75, 3.05) is 0 Å². The van der Waals surface area contributed by atoms with Crippen molar-refractivity contribution >= 4 is 23.3 Å². The standard InChI is InChI=1S/C19H18N2O3/c22-13-21(12-14-6-2-1-3-7-14)18(19(23)24)10-15-11-20-17-9-5-4-8-16(15)17/h1-9,11,13,18,20H,10,12H2,(H,23,24)/t18-/m0/s1. The first-order valence-electron chi connectivity index (χ1n) is 7.72. The Kier molecular flexibility index (Phi) is 4.61. The maximum Gasteiger partial charge on any atom is 0.326 e. The van der Waals surface area contributed by atoms with Gasteiger partial charge in [0.05, 0.1) is 0 Å². The number of carbonyl (C=O) groups excluding carboxylic acids is 1. The van der Waals surface area contributed by atoms with E-state index in [9.17, 15) is 14.7 Å². The number of para-hydroxylation sites is 1. The van der Waals surface area contributed by atoms with Crippen LogP contribution in [0.15, 0.2) is 60.8 Å². The van der Waals surface area contributed by atoms with Gasteiger partial charge in [0.1, 0.15) is 6.04 Å². The summed E-state index contributed by atoms with van der Waals surface area (Å²) in [5, 5.41) is 10.6. The quantitative estimate of drug-likeness (QED) is 0.657. The van der Waals surface area contributed by atoms with E-state index in [1.807, 2.05) is 60.8 Å². The van der Waals surface area contributed by atoms with Gasteiger partial charge in [-0.15, -0.1) is 0 Å². The summed E-state index contributed by atoms with van der Waals surface area (Å²) in [5.41, 5.74) is 2.74. The van der Waals surface area contributed by atoms with Crippen LogP contribution >= 0.6 is 0 Å². The number of benzene rings is 2. The number of hydrogen-bond acceptors (Lipinski definition) is 2. The molecule has 0 aliphatic rings. The van der Waals surface area contributed by atoms with Crippen molar-refractivity contribution in [2.45, 2.75) is 19.0 Å². The minimum atomic E-state index is -1.01. The Morgan fingerprint density at radius 2 is 1.83 bits per heavy atom. The fourth-order valence-corrected chi connectivity index (χ4v) is 2.87. The Morgan fingerprint density at radius 3 is 2.54 bits per heavy atom. The molecule has 0 radical (unpaired) electrons. The van der Waals surface area contributed by atoms with E-state index in [-0.39, 0.29) is 13.0 Å². The van der Waals surface area contributed by atoms with Crippen molar-refractivity contribution in [3.63, 3.8) is 0 Å². The molecule has 0 spiro atoms. The van der Waals surface area contributed by atoms with Crippen LogP contribution in [0.4, 0.5) is 0 Å². The second-order valence-corrected chi connectivity index (χ2v) is 5.68. The first-order chi connectivity index (χ1) is 11.7. The van der Waals surface area contributed by atoms with Crippen LogP contribution in [0.3, 0.4) is 0 Å². The van der Waals surface area contributed by atoms with E-state index < -0.39 is 12.0 Å². The summed E-state index contributed by atoms with van der Waals surface area (Å²) >= 11 is 0. The first kappa shape index (κ1) is 15.8. The molecule has 1 amide bonds. The highest BCUT2D eigenvalue weighted by Gasteiger charge is 2.26. The molecule has 0 aliphatic carbocycles. The molecular formula is C19H18N2O3. The van der Waals surface area contributed by atoms with Crippen LogP contribution in [0.1, 0.15) is 11.1 Å². The molecule has 3 rings (SSSR count). The van der Waals surface area contributed by atoms with E-state index in [4.69, 9.17) is 0 Å². The summed E-state index contributed by atoms with van der Waals surface area (Å²) in [4.78, 5) is 27.7. The van der Waals surface area contributed by atoms with Crippen LogP contribution < -0.4 is 0 Å². The predicted molar refractivity (Wildman–Crippen MR) is 91.5 cm³/mol. The molecule has 1 aromatic heterocycles. The van der Waals surface area contributed by atoms with Gasteiger partial charge in [-0.1, -0.05) is 48.5 Å². The molecule has 0 saturated carbocycles. The maximum atomic E-state index is 11.7. The van der Waals surface area contributed by atoms with Crippen molar-refractivity contribution < 1.29 is 14.7 Å². The van der Waals surface area contributed by atoms with Gasteiger partial charge in [0, 0.05) is 30.1 Å². The molecule has 0 fully saturated rings. The van der Waals surface area contributed by atoms with E-state index in [1.54, 1.807) is 0 Å². The van der Waals surface area contributed by atoms with Gasteiger partial charge in [-0.05, 0) is 17.2 Å². The molecule has 2 aromatic carbocycles. The Hall–Kier alpha value is -3.08. The van der Waals surface area contributed by atoms with Gasteiger partial charge in [0.15, 0.2) is 0 Å². The van der Waals surface area contributed by atoms with Crippen molar-refractivity contribution in [1.82, 2.24) is 9.88 Å². The Morgan fingerprint density at radius 1 is 1.12 bits per heavy atom. The van der Waals surface area contributed by atoms with Crippen molar-refractivity contribution in [2.24, 2.45) is 0 Å². The number of carboxylic acids is 1. The third kappa shape index (κ3) is 3.30. The summed E-state index contributed by atoms with van der Waals surface area (Å²) in [5.74, 6) is -1.01. The predicted octanol–water partition coefficient (Wildman–Crippen LogP) is 2.82. The van der Waals surface area contributed by atoms with E-state index >= 15 is 0 Å². The van der Waals surface area contributed by atoms with Crippen LogP contribution in [0.25, 0.3) is 10.9 Å². The molecule has 1 atom stereocenters. The molecule has 0 aliphatic heterocycles. The van der Waals surface area contributed by atoms with Crippen molar-refractivity contribution in [3.05, 3.63) is 71.9 Å². The molecule has 5 heteroatoms. The minimum Gasteiger partial charge on any atom is -0.480 e. The van der Waals surface area contributed by atoms with Crippen molar-refractivity contribution in [3.8, 4) is 0 Å². The average molecular weight is 322 g/mol. The van der Waals surface area contributed by atoms with E-state index in [0.717, 1.165) is 22.0 Å². The Balaban J connectivity index is 1.85. The van der Waals surface area contributed by atoms with Crippen LogP contribution in [-0.2, 0) is 22.6 Å². The number of aromatic amines is 1. The number of nitrogens with one attached hydrogen (secondary N) is 1. The molecule has 1 heterocycles. The lowest BCUT2D eigenvalue weighted by atomic mass is 10.0. The Bertz CT molecular complexity index is 842. The monoisotopic (exact) mass is 322 g/mol. The van der Waals surface area contributed by atoms with Crippen LogP contribution in [-0.4, -0.2) is 33.4 Å². The number of fused-ring (bicyclic) bond motifs is 1. The van der Waals surface area contributed by atoms with Gasteiger partial charge in [-0.25, -0.2) is 4.79 Å². The van der Waals surface area contributed by atoms with Crippen LogP contribution in [0, 0.1) is 0 Å². The third-order valence-corrected chi connectivity index (χ3v) is 4.12. The summed E-state index contributed by atoms with van der Waals surface area (Å²) in [6.07, 6.45) is 2.68. The lowest BCUT2D eigenvalue weighted by molar-refractivity contribution is -0.146. The number of hydrogen-bond donors (Lipinski definition) is 2. The summed E-state index contributed by atoms with van der Waals surface area (Å²) in [6.45, 7) is 0.268. The summed E-state index contributed by atoms with van der Waals surface area (Å²) in [6, 6.07) is 16.2. The van der Waals surface area contributed by atoms with E-state index in [1.165, 1.54) is 4.90 Å². The van der Waals surface area contributed by atoms with Gasteiger partial charge in [-0.3, -0.25) is 4.79 Å². The molecule has 0 saturated heterocycles. The molecule has 0 bridgehead atoms.